The van der Waals surface area contributed by atoms with Crippen LogP contribution in [-0.2, 0) is 5.41 Å². The van der Waals surface area contributed by atoms with Crippen LogP contribution >= 0.6 is 0 Å². The summed E-state index contributed by atoms with van der Waals surface area (Å²) in [5.74, 6) is 0. The minimum absolute atomic E-state index is 0.0531. The second kappa shape index (κ2) is 13.7. The minimum atomic E-state index is 0.0531. The molecule has 0 aliphatic rings. The van der Waals surface area contributed by atoms with Crippen molar-refractivity contribution in [3.05, 3.63) is 206 Å². The molecule has 54 heavy (non-hydrogen) atoms. The third kappa shape index (κ3) is 6.27. The third-order valence-corrected chi connectivity index (χ3v) is 10.5. The van der Waals surface area contributed by atoms with E-state index in [0.29, 0.717) is 0 Å². The zero-order valence-electron chi connectivity index (χ0n) is 30.9. The maximum Gasteiger partial charge on any atom is 0.0541 e. The van der Waals surface area contributed by atoms with Crippen LogP contribution in [0.5, 0.6) is 0 Å². The number of rotatable bonds is 7. The predicted molar refractivity (Wildman–Crippen MR) is 230 cm³/mol. The lowest BCUT2D eigenvalue weighted by Crippen LogP contribution is -2.10. The molecule has 260 valence electrons. The van der Waals surface area contributed by atoms with E-state index in [-0.39, 0.29) is 5.41 Å². The average molecular weight is 695 g/mol. The molecule has 0 saturated carbocycles. The van der Waals surface area contributed by atoms with Gasteiger partial charge in [0.1, 0.15) is 0 Å². The van der Waals surface area contributed by atoms with Crippen LogP contribution in [0.3, 0.4) is 0 Å². The summed E-state index contributed by atoms with van der Waals surface area (Å²) < 4.78 is 2.40. The molecule has 0 saturated heterocycles. The summed E-state index contributed by atoms with van der Waals surface area (Å²) in [6.07, 6.45) is 0. The van der Waals surface area contributed by atoms with Crippen molar-refractivity contribution in [1.29, 1.82) is 0 Å². The zero-order chi connectivity index (χ0) is 36.6. The minimum Gasteiger partial charge on any atom is -0.310 e. The topological polar surface area (TPSA) is 8.17 Å². The van der Waals surface area contributed by atoms with E-state index in [4.69, 9.17) is 0 Å². The molecule has 0 fully saturated rings. The molecule has 0 aliphatic heterocycles. The fraction of sp³-hybridized carbons (Fsp3) is 0.0769. The molecule has 9 rings (SSSR count). The molecule has 2 nitrogen and oxygen atoms in total. The first-order valence-corrected chi connectivity index (χ1v) is 18.8. The first kappa shape index (κ1) is 33.2. The van der Waals surface area contributed by atoms with Crippen LogP contribution in [0.25, 0.3) is 60.9 Å². The van der Waals surface area contributed by atoms with Gasteiger partial charge in [-0.05, 0) is 123 Å². The van der Waals surface area contributed by atoms with E-state index < -0.39 is 0 Å². The van der Waals surface area contributed by atoms with Gasteiger partial charge in [0.25, 0.3) is 0 Å². The lowest BCUT2D eigenvalue weighted by Gasteiger charge is -2.26. The fourth-order valence-electron chi connectivity index (χ4n) is 7.69. The molecule has 0 spiro atoms. The molecule has 9 aromatic rings. The highest BCUT2D eigenvalue weighted by Gasteiger charge is 2.19. The van der Waals surface area contributed by atoms with Crippen molar-refractivity contribution in [2.45, 2.75) is 26.2 Å². The van der Waals surface area contributed by atoms with E-state index >= 15 is 0 Å². The number of fused-ring (bicyclic) bond motifs is 3. The molecule has 0 N–H and O–H groups in total. The quantitative estimate of drug-likeness (QED) is 0.161. The fourth-order valence-corrected chi connectivity index (χ4v) is 7.69. The molecule has 1 heterocycles. The van der Waals surface area contributed by atoms with Gasteiger partial charge in [-0.1, -0.05) is 142 Å². The van der Waals surface area contributed by atoms with E-state index in [1.807, 2.05) is 0 Å². The summed E-state index contributed by atoms with van der Waals surface area (Å²) >= 11 is 0. The van der Waals surface area contributed by atoms with Gasteiger partial charge < -0.3 is 9.47 Å². The normalized spacial score (nSPS) is 11.6. The Morgan fingerprint density at radius 2 is 0.815 bits per heavy atom. The standard InChI is InChI=1S/C52H42N2/c1-52(2,3)43-28-32-51-49(36-43)48-35-42(27-31-50(48)54(51)45-22-11-6-12-23-45)40-18-13-17-39(33-40)41-19-14-24-47(34-41)53(44-20-9-5-10-21-44)46-29-25-38(26-30-46)37-15-7-4-8-16-37/h4-36H,1-3H3. The van der Waals surface area contributed by atoms with Crippen molar-refractivity contribution in [2.24, 2.45) is 0 Å². The SMILES string of the molecule is CC(C)(C)c1ccc2c(c1)c1cc(-c3cccc(-c4cccc(N(c5ccccc5)c5ccc(-c6ccccc6)cc5)c4)c3)ccc1n2-c1ccccc1. The Bertz CT molecular complexity index is 2720. The van der Waals surface area contributed by atoms with Gasteiger partial charge in [-0.15, -0.1) is 0 Å². The number of benzene rings is 8. The van der Waals surface area contributed by atoms with Crippen molar-refractivity contribution in [1.82, 2.24) is 4.57 Å². The number of hydrogen-bond acceptors (Lipinski definition) is 1. The summed E-state index contributed by atoms with van der Waals surface area (Å²) in [7, 11) is 0. The van der Waals surface area contributed by atoms with E-state index in [2.05, 4.69) is 230 Å². The van der Waals surface area contributed by atoms with Gasteiger partial charge in [0, 0.05) is 33.5 Å². The maximum absolute atomic E-state index is 2.40. The van der Waals surface area contributed by atoms with Crippen molar-refractivity contribution in [3.63, 3.8) is 0 Å². The Labute approximate surface area is 318 Å². The molecular formula is C52H42N2. The highest BCUT2D eigenvalue weighted by Crippen LogP contribution is 2.40. The zero-order valence-corrected chi connectivity index (χ0v) is 30.9. The molecule has 0 radical (unpaired) electrons. The van der Waals surface area contributed by atoms with E-state index in [1.165, 1.54) is 66.4 Å². The molecule has 2 heteroatoms. The highest BCUT2D eigenvalue weighted by atomic mass is 15.1. The summed E-state index contributed by atoms with van der Waals surface area (Å²) in [6, 6.07) is 72.6. The van der Waals surface area contributed by atoms with E-state index in [9.17, 15) is 0 Å². The van der Waals surface area contributed by atoms with Crippen molar-refractivity contribution >= 4 is 38.9 Å². The second-order valence-electron chi connectivity index (χ2n) is 15.1. The highest BCUT2D eigenvalue weighted by molar-refractivity contribution is 6.11. The number of para-hydroxylation sites is 2. The van der Waals surface area contributed by atoms with E-state index in [0.717, 1.165) is 17.1 Å². The summed E-state index contributed by atoms with van der Waals surface area (Å²) in [4.78, 5) is 2.34. The lowest BCUT2D eigenvalue weighted by molar-refractivity contribution is 0.591. The van der Waals surface area contributed by atoms with Crippen molar-refractivity contribution < 1.29 is 0 Å². The Hall–Kier alpha value is -6.64. The van der Waals surface area contributed by atoms with Crippen LogP contribution in [0.15, 0.2) is 200 Å². The Kier molecular flexibility index (Phi) is 8.44. The van der Waals surface area contributed by atoms with Crippen molar-refractivity contribution in [3.8, 4) is 39.1 Å². The number of anilines is 3. The molecule has 8 aromatic carbocycles. The van der Waals surface area contributed by atoms with Gasteiger partial charge in [-0.25, -0.2) is 0 Å². The van der Waals surface area contributed by atoms with Crippen LogP contribution in [-0.4, -0.2) is 4.57 Å². The van der Waals surface area contributed by atoms with Crippen LogP contribution in [0.2, 0.25) is 0 Å². The smallest absolute Gasteiger partial charge is 0.0541 e. The molecule has 0 bridgehead atoms. The van der Waals surface area contributed by atoms with Crippen molar-refractivity contribution in [2.75, 3.05) is 4.90 Å². The van der Waals surface area contributed by atoms with Gasteiger partial charge in [0.05, 0.1) is 11.0 Å². The van der Waals surface area contributed by atoms with Gasteiger partial charge in [0.15, 0.2) is 0 Å². The van der Waals surface area contributed by atoms with Gasteiger partial charge >= 0.3 is 0 Å². The van der Waals surface area contributed by atoms with Crippen LogP contribution in [0.4, 0.5) is 17.1 Å². The lowest BCUT2D eigenvalue weighted by atomic mass is 9.86. The summed E-state index contributed by atoms with van der Waals surface area (Å²) in [5, 5.41) is 2.55. The molecule has 0 unspecified atom stereocenters. The van der Waals surface area contributed by atoms with Crippen LogP contribution in [0.1, 0.15) is 26.3 Å². The number of nitrogens with zero attached hydrogens (tertiary/aromatic N) is 2. The second-order valence-corrected chi connectivity index (χ2v) is 15.1. The Balaban J connectivity index is 1.12. The number of aromatic nitrogens is 1. The van der Waals surface area contributed by atoms with Crippen LogP contribution < -0.4 is 4.90 Å². The predicted octanol–water partition coefficient (Wildman–Crippen LogP) is 14.6. The number of hydrogen-bond donors (Lipinski definition) is 0. The van der Waals surface area contributed by atoms with Gasteiger partial charge in [0.2, 0.25) is 0 Å². The molecular weight excluding hydrogens is 653 g/mol. The van der Waals surface area contributed by atoms with Gasteiger partial charge in [-0.3, -0.25) is 0 Å². The van der Waals surface area contributed by atoms with E-state index in [1.54, 1.807) is 0 Å². The molecule has 1 aromatic heterocycles. The first-order chi connectivity index (χ1) is 26.4. The van der Waals surface area contributed by atoms with Crippen LogP contribution in [0, 0.1) is 0 Å². The molecule has 0 amide bonds. The first-order valence-electron chi connectivity index (χ1n) is 18.8. The third-order valence-electron chi connectivity index (χ3n) is 10.5. The monoisotopic (exact) mass is 694 g/mol. The average Bonchev–Trinajstić information content (AvgIpc) is 3.55. The largest absolute Gasteiger partial charge is 0.310 e. The summed E-state index contributed by atoms with van der Waals surface area (Å²) in [6.45, 7) is 6.87. The maximum atomic E-state index is 2.40. The van der Waals surface area contributed by atoms with Gasteiger partial charge in [-0.2, -0.15) is 0 Å². The molecule has 0 atom stereocenters. The molecule has 0 aliphatic carbocycles. The Morgan fingerprint density at radius 1 is 0.352 bits per heavy atom. The Morgan fingerprint density at radius 3 is 1.48 bits per heavy atom. The summed E-state index contributed by atoms with van der Waals surface area (Å²) in [5.41, 5.74) is 15.5.